The zero-order chi connectivity index (χ0) is 22.9. The smallest absolute Gasteiger partial charge is 0.228 e. The number of hydrogen-bond donors (Lipinski definition) is 2. The fourth-order valence-corrected chi connectivity index (χ4v) is 4.40. The van der Waals surface area contributed by atoms with E-state index in [9.17, 15) is 4.79 Å². The van der Waals surface area contributed by atoms with Crippen molar-refractivity contribution < 1.29 is 19.0 Å². The molecular weight excluding hydrogens is 422 g/mol. The first-order chi connectivity index (χ1) is 16.1. The molecule has 0 saturated heterocycles. The van der Waals surface area contributed by atoms with Crippen LogP contribution in [0.2, 0.25) is 0 Å². The van der Waals surface area contributed by atoms with Crippen molar-refractivity contribution in [1.29, 1.82) is 0 Å². The van der Waals surface area contributed by atoms with Crippen molar-refractivity contribution in [1.82, 2.24) is 15.0 Å². The lowest BCUT2D eigenvalue weighted by atomic mass is 9.89. The highest BCUT2D eigenvalue weighted by atomic mass is 16.5. The van der Waals surface area contributed by atoms with Crippen molar-refractivity contribution in [2.45, 2.75) is 12.3 Å². The van der Waals surface area contributed by atoms with Crippen molar-refractivity contribution in [3.8, 4) is 11.6 Å². The van der Waals surface area contributed by atoms with Crippen LogP contribution in [0.3, 0.4) is 0 Å². The largest absolute Gasteiger partial charge is 0.495 e. The number of carbonyl (C=O) groups is 1. The number of benzene rings is 1. The van der Waals surface area contributed by atoms with Gasteiger partial charge in [-0.25, -0.2) is 15.0 Å². The monoisotopic (exact) mass is 445 g/mol. The maximum absolute atomic E-state index is 12.6. The van der Waals surface area contributed by atoms with Gasteiger partial charge in [0, 0.05) is 29.3 Å². The van der Waals surface area contributed by atoms with E-state index in [-0.39, 0.29) is 18.2 Å². The number of pyridine rings is 1. The zero-order valence-electron chi connectivity index (χ0n) is 18.3. The lowest BCUT2D eigenvalue weighted by Crippen LogP contribution is -2.15. The van der Waals surface area contributed by atoms with Crippen LogP contribution in [-0.4, -0.2) is 48.3 Å². The van der Waals surface area contributed by atoms with Crippen molar-refractivity contribution in [3.05, 3.63) is 70.8 Å². The molecule has 0 spiro atoms. The molecule has 2 aliphatic rings. The molecule has 0 saturated carbocycles. The van der Waals surface area contributed by atoms with Gasteiger partial charge in [0.2, 0.25) is 11.8 Å². The minimum absolute atomic E-state index is 0.109. The SMILES string of the molecule is COc1ccc(CC(=O)Nc2ccc(C3C4=C(COC4)c4ncnc(N)c43)cc2OC)cn1. The third kappa shape index (κ3) is 3.76. The molecule has 33 heavy (non-hydrogen) atoms. The number of nitrogens with one attached hydrogen (secondary N) is 1. The van der Waals surface area contributed by atoms with Crippen LogP contribution in [0.1, 0.15) is 28.3 Å². The lowest BCUT2D eigenvalue weighted by Gasteiger charge is -2.19. The molecule has 3 N–H and O–H groups in total. The summed E-state index contributed by atoms with van der Waals surface area (Å²) < 4.78 is 16.3. The number of nitrogen functional groups attached to an aromatic ring is 1. The summed E-state index contributed by atoms with van der Waals surface area (Å²) in [5.41, 5.74) is 12.5. The Labute approximate surface area is 190 Å². The fraction of sp³-hybridized carbons (Fsp3) is 0.250. The highest BCUT2D eigenvalue weighted by Crippen LogP contribution is 2.49. The summed E-state index contributed by atoms with van der Waals surface area (Å²) in [6, 6.07) is 9.25. The quantitative estimate of drug-likeness (QED) is 0.594. The predicted molar refractivity (Wildman–Crippen MR) is 122 cm³/mol. The number of anilines is 2. The van der Waals surface area contributed by atoms with Gasteiger partial charge >= 0.3 is 0 Å². The number of hydrogen-bond acceptors (Lipinski definition) is 8. The van der Waals surface area contributed by atoms with Gasteiger partial charge in [-0.2, -0.15) is 0 Å². The van der Waals surface area contributed by atoms with Crippen LogP contribution >= 0.6 is 0 Å². The highest BCUT2D eigenvalue weighted by molar-refractivity contribution is 5.94. The first-order valence-corrected chi connectivity index (χ1v) is 10.5. The minimum atomic E-state index is -0.175. The number of amides is 1. The van der Waals surface area contributed by atoms with Crippen LogP contribution in [0.25, 0.3) is 5.57 Å². The van der Waals surface area contributed by atoms with Gasteiger partial charge < -0.3 is 25.3 Å². The van der Waals surface area contributed by atoms with E-state index in [1.807, 2.05) is 24.3 Å². The molecule has 1 atom stereocenters. The molecule has 0 radical (unpaired) electrons. The number of ether oxygens (including phenoxy) is 3. The van der Waals surface area contributed by atoms with Gasteiger partial charge in [0.1, 0.15) is 17.9 Å². The minimum Gasteiger partial charge on any atom is -0.495 e. The van der Waals surface area contributed by atoms with Crippen LogP contribution in [0.4, 0.5) is 11.5 Å². The maximum Gasteiger partial charge on any atom is 0.228 e. The van der Waals surface area contributed by atoms with E-state index in [2.05, 4.69) is 20.3 Å². The molecule has 0 fully saturated rings. The number of nitrogens with zero attached hydrogens (tertiary/aromatic N) is 3. The van der Waals surface area contributed by atoms with E-state index in [4.69, 9.17) is 19.9 Å². The Hall–Kier alpha value is -3.98. The summed E-state index contributed by atoms with van der Waals surface area (Å²) in [5.74, 6) is 1.23. The van der Waals surface area contributed by atoms with E-state index in [0.29, 0.717) is 36.3 Å². The van der Waals surface area contributed by atoms with Crippen LogP contribution in [0, 0.1) is 0 Å². The van der Waals surface area contributed by atoms with Crippen molar-refractivity contribution in [2.24, 2.45) is 0 Å². The number of rotatable bonds is 6. The maximum atomic E-state index is 12.6. The average Bonchev–Trinajstić information content (AvgIpc) is 3.42. The predicted octanol–water partition coefficient (Wildman–Crippen LogP) is 2.58. The third-order valence-electron chi connectivity index (χ3n) is 5.93. The molecule has 9 nitrogen and oxygen atoms in total. The van der Waals surface area contributed by atoms with Crippen LogP contribution in [-0.2, 0) is 16.0 Å². The molecule has 3 heterocycles. The van der Waals surface area contributed by atoms with E-state index >= 15 is 0 Å². The van der Waals surface area contributed by atoms with Crippen molar-refractivity contribution >= 4 is 23.0 Å². The van der Waals surface area contributed by atoms with Gasteiger partial charge in [0.15, 0.2) is 0 Å². The van der Waals surface area contributed by atoms with Gasteiger partial charge in [0.25, 0.3) is 0 Å². The second-order valence-electron chi connectivity index (χ2n) is 7.84. The molecule has 1 unspecified atom stereocenters. The van der Waals surface area contributed by atoms with Gasteiger partial charge in [-0.1, -0.05) is 12.1 Å². The van der Waals surface area contributed by atoms with E-state index in [1.165, 1.54) is 6.33 Å². The molecule has 9 heteroatoms. The van der Waals surface area contributed by atoms with Crippen molar-refractivity contribution in [2.75, 3.05) is 38.5 Å². The molecule has 2 aromatic heterocycles. The Kier molecular flexibility index (Phi) is 5.39. The average molecular weight is 445 g/mol. The zero-order valence-corrected chi connectivity index (χ0v) is 18.3. The highest BCUT2D eigenvalue weighted by Gasteiger charge is 2.38. The second-order valence-corrected chi connectivity index (χ2v) is 7.84. The molecule has 1 aliphatic carbocycles. The number of aromatic nitrogens is 3. The Morgan fingerprint density at radius 1 is 1.15 bits per heavy atom. The number of carbonyl (C=O) groups excluding carboxylic acids is 1. The first-order valence-electron chi connectivity index (χ1n) is 10.5. The number of nitrogens with two attached hydrogens (primary N) is 1. The summed E-state index contributed by atoms with van der Waals surface area (Å²) in [6.07, 6.45) is 3.29. The molecule has 1 aromatic carbocycles. The van der Waals surface area contributed by atoms with E-state index < -0.39 is 0 Å². The number of fused-ring (bicyclic) bond motifs is 2. The second kappa shape index (κ2) is 8.51. The fourth-order valence-electron chi connectivity index (χ4n) is 4.40. The standard InChI is InChI=1S/C24H23N5O4/c1-31-18-8-14(21-15-10-33-11-16(15)23-22(21)24(25)28-12-27-23)4-5-17(18)29-19(30)7-13-3-6-20(32-2)26-9-13/h3-6,8-9,12,21H,7,10-11H2,1-2H3,(H,29,30)(H2,25,27,28). The topological polar surface area (TPSA) is 121 Å². The molecule has 1 amide bonds. The van der Waals surface area contributed by atoms with Crippen molar-refractivity contribution in [3.63, 3.8) is 0 Å². The molecule has 1 aliphatic heterocycles. The molecular formula is C24H23N5O4. The summed E-state index contributed by atoms with van der Waals surface area (Å²) in [6.45, 7) is 1.03. The normalized spacial score (nSPS) is 16.4. The Morgan fingerprint density at radius 3 is 2.79 bits per heavy atom. The molecule has 5 rings (SSSR count). The van der Waals surface area contributed by atoms with Crippen LogP contribution in [0.15, 0.2) is 48.4 Å². The summed E-state index contributed by atoms with van der Waals surface area (Å²) in [7, 11) is 3.12. The molecule has 168 valence electrons. The molecule has 3 aromatic rings. The summed E-state index contributed by atoms with van der Waals surface area (Å²) in [5, 5.41) is 2.92. The Balaban J connectivity index is 1.40. The summed E-state index contributed by atoms with van der Waals surface area (Å²) >= 11 is 0. The first kappa shape index (κ1) is 20.9. The molecule has 0 bridgehead atoms. The number of methoxy groups -OCH3 is 2. The van der Waals surface area contributed by atoms with Gasteiger partial charge in [-0.3, -0.25) is 4.79 Å². The van der Waals surface area contributed by atoms with Gasteiger partial charge in [0.05, 0.1) is 45.2 Å². The Bertz CT molecular complexity index is 1260. The lowest BCUT2D eigenvalue weighted by molar-refractivity contribution is -0.115. The van der Waals surface area contributed by atoms with Gasteiger partial charge in [-0.05, 0) is 28.8 Å². The van der Waals surface area contributed by atoms with Gasteiger partial charge in [-0.15, -0.1) is 0 Å². The van der Waals surface area contributed by atoms with Crippen LogP contribution < -0.4 is 20.5 Å². The third-order valence-corrected chi connectivity index (χ3v) is 5.93. The summed E-state index contributed by atoms with van der Waals surface area (Å²) in [4.78, 5) is 25.4. The van der Waals surface area contributed by atoms with E-state index in [1.54, 1.807) is 26.5 Å². The van der Waals surface area contributed by atoms with E-state index in [0.717, 1.165) is 33.5 Å². The van der Waals surface area contributed by atoms with Crippen LogP contribution in [0.5, 0.6) is 11.6 Å². The Morgan fingerprint density at radius 2 is 2.03 bits per heavy atom.